The maximum Gasteiger partial charge on any atom is 0.296 e. The van der Waals surface area contributed by atoms with E-state index in [0.717, 1.165) is 4.90 Å². The lowest BCUT2D eigenvalue weighted by Crippen LogP contribution is -2.45. The second-order valence-corrected chi connectivity index (χ2v) is 8.42. The van der Waals surface area contributed by atoms with E-state index in [0.29, 0.717) is 33.9 Å². The summed E-state index contributed by atoms with van der Waals surface area (Å²) in [6.45, 7) is -0.163. The number of amides is 2. The molecule has 2 aliphatic heterocycles. The molecule has 37 heavy (non-hydrogen) atoms. The number of ether oxygens (including phenoxy) is 5. The van der Waals surface area contributed by atoms with Crippen molar-refractivity contribution in [1.82, 2.24) is 4.90 Å². The molecule has 5 rings (SSSR count). The van der Waals surface area contributed by atoms with Crippen molar-refractivity contribution in [2.45, 2.75) is 5.79 Å². The molecule has 0 aliphatic carbocycles. The molecule has 3 aromatic rings. The highest BCUT2D eigenvalue weighted by Gasteiger charge is 2.47. The number of nitrogens with zero attached hydrogens (tertiary/aromatic N) is 1. The first-order chi connectivity index (χ1) is 17.9. The minimum Gasteiger partial charge on any atom is -0.497 e. The molecule has 2 amide bonds. The molecule has 8 nitrogen and oxygen atoms in total. The number of carbonyl (C=O) groups excluding carboxylic acids is 2. The van der Waals surface area contributed by atoms with Crippen molar-refractivity contribution < 1.29 is 33.3 Å². The number of fused-ring (bicyclic) bond motifs is 2. The fraction of sp³-hybridized carbons (Fsp3) is 0.172. The van der Waals surface area contributed by atoms with Gasteiger partial charge in [-0.15, -0.1) is 0 Å². The van der Waals surface area contributed by atoms with Crippen molar-refractivity contribution in [3.05, 3.63) is 102 Å². The second kappa shape index (κ2) is 9.73. The largest absolute Gasteiger partial charge is 0.497 e. The van der Waals surface area contributed by atoms with Crippen LogP contribution < -0.4 is 14.2 Å². The third-order valence-corrected chi connectivity index (χ3v) is 6.24. The molecule has 3 aromatic carbocycles. The normalized spacial score (nSPS) is 16.4. The van der Waals surface area contributed by atoms with Gasteiger partial charge in [0.05, 0.1) is 21.3 Å². The standard InChI is InChI=1S/C29H25NO7/c1-33-22-10-4-19(5-11-22)25-16-27(31)30-18-29(36-25,21-8-14-24(35-3)15-9-21)37-26(17-28(30)32)20-6-12-23(34-2)13-7-20/h4-17H,18H2,1-3H3. The van der Waals surface area contributed by atoms with Gasteiger partial charge in [-0.3, -0.25) is 14.5 Å². The summed E-state index contributed by atoms with van der Waals surface area (Å²) in [4.78, 5) is 27.7. The van der Waals surface area contributed by atoms with Crippen LogP contribution in [0.15, 0.2) is 84.9 Å². The summed E-state index contributed by atoms with van der Waals surface area (Å²) in [5, 5.41) is 0. The van der Waals surface area contributed by atoms with E-state index in [9.17, 15) is 9.59 Å². The zero-order valence-corrected chi connectivity index (χ0v) is 20.6. The number of benzene rings is 3. The molecule has 0 fully saturated rings. The van der Waals surface area contributed by atoms with Crippen LogP contribution in [0.4, 0.5) is 0 Å². The number of hydrogen-bond donors (Lipinski definition) is 0. The van der Waals surface area contributed by atoms with E-state index in [2.05, 4.69) is 0 Å². The Morgan fingerprint density at radius 3 is 1.38 bits per heavy atom. The van der Waals surface area contributed by atoms with Crippen LogP contribution >= 0.6 is 0 Å². The van der Waals surface area contributed by atoms with E-state index in [-0.39, 0.29) is 18.1 Å². The van der Waals surface area contributed by atoms with E-state index in [1.807, 2.05) is 0 Å². The highest BCUT2D eigenvalue weighted by Crippen LogP contribution is 2.42. The Kier molecular flexibility index (Phi) is 6.31. The van der Waals surface area contributed by atoms with E-state index < -0.39 is 17.6 Å². The summed E-state index contributed by atoms with van der Waals surface area (Å²) in [7, 11) is 4.72. The van der Waals surface area contributed by atoms with Crippen LogP contribution in [0.25, 0.3) is 11.5 Å². The summed E-state index contributed by atoms with van der Waals surface area (Å²) >= 11 is 0. The molecule has 0 saturated carbocycles. The predicted molar refractivity (Wildman–Crippen MR) is 136 cm³/mol. The van der Waals surface area contributed by atoms with Crippen LogP contribution in [-0.4, -0.2) is 44.6 Å². The average Bonchev–Trinajstić information content (AvgIpc) is 3.19. The topological polar surface area (TPSA) is 83.5 Å². The van der Waals surface area contributed by atoms with Crippen molar-refractivity contribution in [3.8, 4) is 17.2 Å². The molecule has 2 aliphatic rings. The monoisotopic (exact) mass is 499 g/mol. The van der Waals surface area contributed by atoms with Crippen molar-refractivity contribution in [2.24, 2.45) is 0 Å². The van der Waals surface area contributed by atoms with Gasteiger partial charge in [0.2, 0.25) is 0 Å². The van der Waals surface area contributed by atoms with Crippen molar-refractivity contribution in [3.63, 3.8) is 0 Å². The molecule has 0 aromatic heterocycles. The smallest absolute Gasteiger partial charge is 0.296 e. The molecule has 188 valence electrons. The average molecular weight is 500 g/mol. The minimum absolute atomic E-state index is 0.163. The number of imide groups is 1. The summed E-state index contributed by atoms with van der Waals surface area (Å²) < 4.78 is 29.0. The highest BCUT2D eigenvalue weighted by molar-refractivity contribution is 6.09. The summed E-state index contributed by atoms with van der Waals surface area (Å²) in [6.07, 6.45) is 2.61. The zero-order chi connectivity index (χ0) is 26.0. The number of hydrogen-bond acceptors (Lipinski definition) is 7. The molecule has 0 radical (unpaired) electrons. The van der Waals surface area contributed by atoms with Gasteiger partial charge in [0.1, 0.15) is 35.3 Å². The van der Waals surface area contributed by atoms with Gasteiger partial charge in [0, 0.05) is 28.8 Å². The van der Waals surface area contributed by atoms with Crippen molar-refractivity contribution >= 4 is 23.3 Å². The third-order valence-electron chi connectivity index (χ3n) is 6.24. The number of carbonyl (C=O) groups is 2. The van der Waals surface area contributed by atoms with Gasteiger partial charge in [0.15, 0.2) is 0 Å². The molecule has 8 heteroatoms. The third kappa shape index (κ3) is 4.61. The van der Waals surface area contributed by atoms with E-state index in [1.165, 1.54) is 12.2 Å². The van der Waals surface area contributed by atoms with Crippen LogP contribution in [0.2, 0.25) is 0 Å². The first kappa shape index (κ1) is 24.0. The van der Waals surface area contributed by atoms with E-state index in [4.69, 9.17) is 23.7 Å². The maximum atomic E-state index is 13.3. The summed E-state index contributed by atoms with van der Waals surface area (Å²) in [6, 6.07) is 21.3. The van der Waals surface area contributed by atoms with Crippen LogP contribution in [0.1, 0.15) is 16.7 Å². The Morgan fingerprint density at radius 2 is 1.00 bits per heavy atom. The molecule has 2 bridgehead atoms. The Bertz CT molecular complexity index is 1290. The maximum absolute atomic E-state index is 13.3. The number of rotatable bonds is 6. The number of methoxy groups -OCH3 is 3. The molecule has 0 atom stereocenters. The Morgan fingerprint density at radius 1 is 0.622 bits per heavy atom. The molecule has 2 heterocycles. The fourth-order valence-corrected chi connectivity index (χ4v) is 4.20. The van der Waals surface area contributed by atoms with Gasteiger partial charge >= 0.3 is 0 Å². The summed E-state index contributed by atoms with van der Waals surface area (Å²) in [5.74, 6) is -0.0895. The predicted octanol–water partition coefficient (Wildman–Crippen LogP) is 4.36. The fourth-order valence-electron chi connectivity index (χ4n) is 4.20. The quantitative estimate of drug-likeness (QED) is 0.466. The Labute approximate surface area is 214 Å². The van der Waals surface area contributed by atoms with Crippen molar-refractivity contribution in [1.29, 1.82) is 0 Å². The summed E-state index contributed by atoms with van der Waals surface area (Å²) in [5.41, 5.74) is 1.85. The van der Waals surface area contributed by atoms with Gasteiger partial charge in [-0.1, -0.05) is 0 Å². The highest BCUT2D eigenvalue weighted by atomic mass is 16.7. The van der Waals surface area contributed by atoms with Crippen LogP contribution in [0.5, 0.6) is 17.2 Å². The van der Waals surface area contributed by atoms with E-state index >= 15 is 0 Å². The van der Waals surface area contributed by atoms with Crippen LogP contribution in [-0.2, 0) is 24.8 Å². The van der Waals surface area contributed by atoms with Gasteiger partial charge in [-0.25, -0.2) is 0 Å². The first-order valence-electron chi connectivity index (χ1n) is 11.5. The molecule has 0 unspecified atom stereocenters. The van der Waals surface area contributed by atoms with Gasteiger partial charge in [-0.05, 0) is 72.8 Å². The van der Waals surface area contributed by atoms with Crippen molar-refractivity contribution in [2.75, 3.05) is 27.9 Å². The first-order valence-corrected chi connectivity index (χ1v) is 11.5. The van der Waals surface area contributed by atoms with Gasteiger partial charge < -0.3 is 23.7 Å². The van der Waals surface area contributed by atoms with E-state index in [1.54, 1.807) is 94.1 Å². The zero-order valence-electron chi connectivity index (χ0n) is 20.6. The lowest BCUT2D eigenvalue weighted by atomic mass is 10.0. The lowest BCUT2D eigenvalue weighted by Gasteiger charge is -2.35. The van der Waals surface area contributed by atoms with Crippen LogP contribution in [0, 0.1) is 0 Å². The minimum atomic E-state index is -1.54. The second-order valence-electron chi connectivity index (χ2n) is 8.42. The van der Waals surface area contributed by atoms with Gasteiger partial charge in [-0.2, -0.15) is 0 Å². The van der Waals surface area contributed by atoms with Gasteiger partial charge in [0.25, 0.3) is 17.6 Å². The Balaban J connectivity index is 1.65. The molecule has 0 N–H and O–H groups in total. The molecule has 0 saturated heterocycles. The molecule has 0 spiro atoms. The molecular formula is C29H25NO7. The van der Waals surface area contributed by atoms with Crippen LogP contribution in [0.3, 0.4) is 0 Å². The SMILES string of the molecule is COc1ccc(C2=CC(=O)N3CC(c4ccc(OC)cc4)(O2)OC(c2ccc(OC)cc2)=CC3=O)cc1. The Hall–Kier alpha value is -4.72. The lowest BCUT2D eigenvalue weighted by molar-refractivity contribution is -0.174. The molecular weight excluding hydrogens is 474 g/mol.